The van der Waals surface area contributed by atoms with Crippen molar-refractivity contribution in [2.75, 3.05) is 0 Å². The number of carbonyl (C=O) groups excluding carboxylic acids is 1. The van der Waals surface area contributed by atoms with Crippen LogP contribution >= 0.6 is 0 Å². The first-order valence-corrected chi connectivity index (χ1v) is 6.26. The molecule has 2 aliphatic heterocycles. The Morgan fingerprint density at radius 3 is 2.82 bits per heavy atom. The molecule has 3 unspecified atom stereocenters. The number of Topliss-reactive ketones (excluding diaryl/α,β-unsaturated/α-hetero) is 1. The van der Waals surface area contributed by atoms with E-state index < -0.39 is 6.10 Å². The average molecular weight is 231 g/mol. The molecular formula is C14H17NO2. The highest BCUT2D eigenvalue weighted by Gasteiger charge is 2.47. The van der Waals surface area contributed by atoms with E-state index in [1.807, 2.05) is 18.2 Å². The first-order chi connectivity index (χ1) is 8.25. The Kier molecular flexibility index (Phi) is 2.73. The Bertz CT molecular complexity index is 417. The number of benzene rings is 1. The van der Waals surface area contributed by atoms with Crippen LogP contribution in [0.15, 0.2) is 30.3 Å². The zero-order valence-corrected chi connectivity index (χ0v) is 9.75. The summed E-state index contributed by atoms with van der Waals surface area (Å²) < 4.78 is 0. The van der Waals surface area contributed by atoms with Gasteiger partial charge in [-0.3, -0.25) is 9.69 Å². The smallest absolute Gasteiger partial charge is 0.152 e. The molecule has 1 aromatic carbocycles. The number of piperidine rings is 1. The lowest BCUT2D eigenvalue weighted by Crippen LogP contribution is -2.47. The predicted octanol–water partition coefficient (Wildman–Crippen LogP) is 1.35. The molecule has 0 aliphatic carbocycles. The van der Waals surface area contributed by atoms with E-state index in [0.29, 0.717) is 12.5 Å². The van der Waals surface area contributed by atoms with Gasteiger partial charge in [-0.05, 0) is 18.4 Å². The van der Waals surface area contributed by atoms with Crippen LogP contribution in [-0.2, 0) is 11.3 Å². The minimum absolute atomic E-state index is 0.210. The summed E-state index contributed by atoms with van der Waals surface area (Å²) in [4.78, 5) is 14.0. The van der Waals surface area contributed by atoms with Crippen molar-refractivity contribution in [3.05, 3.63) is 35.9 Å². The number of nitrogens with zero attached hydrogens (tertiary/aromatic N) is 1. The SMILES string of the molecule is O=C1CCC2CC(O)C1N2Cc1ccccc1. The molecule has 90 valence electrons. The summed E-state index contributed by atoms with van der Waals surface area (Å²) in [6, 6.07) is 10.3. The van der Waals surface area contributed by atoms with E-state index >= 15 is 0 Å². The molecule has 2 aliphatic rings. The van der Waals surface area contributed by atoms with Crippen LogP contribution in [-0.4, -0.2) is 34.0 Å². The van der Waals surface area contributed by atoms with Crippen molar-refractivity contribution in [1.29, 1.82) is 0 Å². The second kappa shape index (κ2) is 4.24. The Labute approximate surface area is 101 Å². The molecule has 0 saturated carbocycles. The van der Waals surface area contributed by atoms with Gasteiger partial charge in [-0.15, -0.1) is 0 Å². The summed E-state index contributed by atoms with van der Waals surface area (Å²) in [6.45, 7) is 0.777. The normalized spacial score (nSPS) is 33.0. The highest BCUT2D eigenvalue weighted by atomic mass is 16.3. The molecule has 0 radical (unpaired) electrons. The summed E-state index contributed by atoms with van der Waals surface area (Å²) in [5, 5.41) is 9.96. The number of rotatable bonds is 2. The van der Waals surface area contributed by atoms with Gasteiger partial charge in [0.15, 0.2) is 5.78 Å². The van der Waals surface area contributed by atoms with Gasteiger partial charge in [0, 0.05) is 19.0 Å². The van der Waals surface area contributed by atoms with Gasteiger partial charge in [-0.2, -0.15) is 0 Å². The summed E-state index contributed by atoms with van der Waals surface area (Å²) >= 11 is 0. The van der Waals surface area contributed by atoms with E-state index in [2.05, 4.69) is 17.0 Å². The lowest BCUT2D eigenvalue weighted by atomic mass is 10.00. The number of hydrogen-bond donors (Lipinski definition) is 1. The van der Waals surface area contributed by atoms with E-state index in [-0.39, 0.29) is 11.8 Å². The van der Waals surface area contributed by atoms with Crippen LogP contribution < -0.4 is 0 Å². The summed E-state index contributed by atoms with van der Waals surface area (Å²) in [7, 11) is 0. The van der Waals surface area contributed by atoms with Crippen molar-refractivity contribution in [3.8, 4) is 0 Å². The maximum absolute atomic E-state index is 11.9. The quantitative estimate of drug-likeness (QED) is 0.835. The zero-order chi connectivity index (χ0) is 11.8. The van der Waals surface area contributed by atoms with Gasteiger partial charge in [0.1, 0.15) is 0 Å². The third-order valence-electron chi connectivity index (χ3n) is 3.97. The molecule has 0 amide bonds. The van der Waals surface area contributed by atoms with Crippen LogP contribution in [0.5, 0.6) is 0 Å². The first-order valence-electron chi connectivity index (χ1n) is 6.26. The fraction of sp³-hybridized carbons (Fsp3) is 0.500. The third kappa shape index (κ3) is 1.90. The second-order valence-electron chi connectivity index (χ2n) is 5.06. The number of carbonyl (C=O) groups is 1. The molecular weight excluding hydrogens is 214 g/mol. The first kappa shape index (κ1) is 10.9. The Morgan fingerprint density at radius 1 is 1.29 bits per heavy atom. The van der Waals surface area contributed by atoms with Crippen LogP contribution in [0.3, 0.4) is 0 Å². The summed E-state index contributed by atoms with van der Waals surface area (Å²) in [5.41, 5.74) is 1.21. The van der Waals surface area contributed by atoms with Crippen LogP contribution in [0.1, 0.15) is 24.8 Å². The standard InChI is InChI=1S/C14H17NO2/c16-12-7-6-11-8-13(17)14(12)15(11)9-10-4-2-1-3-5-10/h1-5,11,13-14,17H,6-9H2. The number of aliphatic hydroxyl groups is 1. The number of fused-ring (bicyclic) bond motifs is 2. The number of aliphatic hydroxyl groups excluding tert-OH is 1. The molecule has 3 nitrogen and oxygen atoms in total. The molecule has 0 aromatic heterocycles. The highest BCUT2D eigenvalue weighted by molar-refractivity contribution is 5.86. The molecule has 17 heavy (non-hydrogen) atoms. The van der Waals surface area contributed by atoms with Crippen LogP contribution in [0.2, 0.25) is 0 Å². The minimum Gasteiger partial charge on any atom is -0.391 e. The van der Waals surface area contributed by atoms with E-state index in [1.54, 1.807) is 0 Å². The predicted molar refractivity (Wildman–Crippen MR) is 64.4 cm³/mol. The van der Waals surface area contributed by atoms with Gasteiger partial charge in [-0.1, -0.05) is 30.3 Å². The van der Waals surface area contributed by atoms with Crippen molar-refractivity contribution < 1.29 is 9.90 Å². The topological polar surface area (TPSA) is 40.5 Å². The van der Waals surface area contributed by atoms with Crippen molar-refractivity contribution in [3.63, 3.8) is 0 Å². The van der Waals surface area contributed by atoms with Gasteiger partial charge in [0.25, 0.3) is 0 Å². The van der Waals surface area contributed by atoms with Crippen LogP contribution in [0, 0.1) is 0 Å². The minimum atomic E-state index is -0.460. The van der Waals surface area contributed by atoms with E-state index in [0.717, 1.165) is 19.4 Å². The van der Waals surface area contributed by atoms with Crippen molar-refractivity contribution in [1.82, 2.24) is 4.90 Å². The second-order valence-corrected chi connectivity index (χ2v) is 5.06. The van der Waals surface area contributed by atoms with E-state index in [9.17, 15) is 9.90 Å². The largest absolute Gasteiger partial charge is 0.391 e. The van der Waals surface area contributed by atoms with Gasteiger partial charge in [0.2, 0.25) is 0 Å². The molecule has 2 fully saturated rings. The molecule has 2 bridgehead atoms. The third-order valence-corrected chi connectivity index (χ3v) is 3.97. The fourth-order valence-electron chi connectivity index (χ4n) is 3.15. The van der Waals surface area contributed by atoms with Crippen molar-refractivity contribution in [2.45, 2.75) is 44.0 Å². The lowest BCUT2D eigenvalue weighted by Gasteiger charge is -2.33. The van der Waals surface area contributed by atoms with Gasteiger partial charge in [-0.25, -0.2) is 0 Å². The van der Waals surface area contributed by atoms with Crippen LogP contribution in [0.4, 0.5) is 0 Å². The molecule has 2 saturated heterocycles. The van der Waals surface area contributed by atoms with Gasteiger partial charge in [0.05, 0.1) is 12.1 Å². The Balaban J connectivity index is 1.82. The molecule has 0 spiro atoms. The maximum atomic E-state index is 11.9. The Hall–Kier alpha value is -1.19. The summed E-state index contributed by atoms with van der Waals surface area (Å²) in [5.74, 6) is 0.210. The van der Waals surface area contributed by atoms with Crippen LogP contribution in [0.25, 0.3) is 0 Å². The average Bonchev–Trinajstić information content (AvgIpc) is 2.55. The number of ketones is 1. The van der Waals surface area contributed by atoms with E-state index in [4.69, 9.17) is 0 Å². The molecule has 3 rings (SSSR count). The van der Waals surface area contributed by atoms with Crippen molar-refractivity contribution in [2.24, 2.45) is 0 Å². The molecule has 1 N–H and O–H groups in total. The lowest BCUT2D eigenvalue weighted by molar-refractivity contribution is -0.129. The maximum Gasteiger partial charge on any atom is 0.152 e. The molecule has 3 atom stereocenters. The van der Waals surface area contributed by atoms with Crippen molar-refractivity contribution >= 4 is 5.78 Å². The monoisotopic (exact) mass is 231 g/mol. The number of hydrogen-bond acceptors (Lipinski definition) is 3. The molecule has 2 heterocycles. The van der Waals surface area contributed by atoms with Gasteiger partial charge >= 0.3 is 0 Å². The fourth-order valence-corrected chi connectivity index (χ4v) is 3.15. The zero-order valence-electron chi connectivity index (χ0n) is 9.75. The molecule has 3 heteroatoms. The van der Waals surface area contributed by atoms with Gasteiger partial charge < -0.3 is 5.11 Å². The highest BCUT2D eigenvalue weighted by Crippen LogP contribution is 2.34. The van der Waals surface area contributed by atoms with E-state index in [1.165, 1.54) is 5.56 Å². The molecule has 1 aromatic rings. The Morgan fingerprint density at radius 2 is 2.06 bits per heavy atom. The summed E-state index contributed by atoms with van der Waals surface area (Å²) in [6.07, 6.45) is 1.83.